The first-order chi connectivity index (χ1) is 12.0. The van der Waals surface area contributed by atoms with E-state index in [4.69, 9.17) is 4.74 Å². The number of pyridine rings is 1. The summed E-state index contributed by atoms with van der Waals surface area (Å²) in [7, 11) is 0. The molecule has 1 aromatic heterocycles. The van der Waals surface area contributed by atoms with Crippen LogP contribution in [-0.2, 0) is 20.7 Å². The molecule has 130 valence electrons. The molecule has 1 N–H and O–H groups in total. The number of nitrogens with zero attached hydrogens (tertiary/aromatic N) is 1. The Labute approximate surface area is 153 Å². The fourth-order valence-electron chi connectivity index (χ4n) is 2.12. The minimum Gasteiger partial charge on any atom is -0.452 e. The fraction of sp³-hybridized carbons (Fsp3) is 0.222. The molecule has 0 saturated heterocycles. The van der Waals surface area contributed by atoms with E-state index in [2.05, 4.69) is 26.2 Å². The van der Waals surface area contributed by atoms with Gasteiger partial charge in [-0.3, -0.25) is 14.6 Å². The lowest BCUT2D eigenvalue weighted by Crippen LogP contribution is -2.43. The third kappa shape index (κ3) is 6.11. The van der Waals surface area contributed by atoms with E-state index < -0.39 is 24.5 Å². The van der Waals surface area contributed by atoms with E-state index in [-0.39, 0.29) is 11.3 Å². The van der Waals surface area contributed by atoms with Gasteiger partial charge in [-0.15, -0.1) is 0 Å². The van der Waals surface area contributed by atoms with E-state index in [1.54, 1.807) is 6.07 Å². The van der Waals surface area contributed by atoms with Gasteiger partial charge in [-0.05, 0) is 40.9 Å². The van der Waals surface area contributed by atoms with Gasteiger partial charge in [0.15, 0.2) is 12.4 Å². The average Bonchev–Trinajstić information content (AvgIpc) is 2.60. The van der Waals surface area contributed by atoms with E-state index in [9.17, 15) is 14.4 Å². The summed E-state index contributed by atoms with van der Waals surface area (Å²) in [6.45, 7) is 0.941. The molecule has 6 nitrogen and oxygen atoms in total. The van der Waals surface area contributed by atoms with Crippen molar-refractivity contribution in [2.45, 2.75) is 19.4 Å². The van der Waals surface area contributed by atoms with E-state index in [1.807, 2.05) is 30.3 Å². The molecule has 25 heavy (non-hydrogen) atoms. The molecule has 1 heterocycles. The van der Waals surface area contributed by atoms with Crippen molar-refractivity contribution in [2.24, 2.45) is 0 Å². The first-order valence-corrected chi connectivity index (χ1v) is 8.36. The van der Waals surface area contributed by atoms with Crippen molar-refractivity contribution in [3.63, 3.8) is 0 Å². The van der Waals surface area contributed by atoms with Gasteiger partial charge in [0.25, 0.3) is 5.91 Å². The molecule has 0 bridgehead atoms. The monoisotopic (exact) mass is 404 g/mol. The maximum absolute atomic E-state index is 12.0. The summed E-state index contributed by atoms with van der Waals surface area (Å²) in [6.07, 6.45) is 3.26. The lowest BCUT2D eigenvalue weighted by molar-refractivity contribution is -0.128. The highest BCUT2D eigenvalue weighted by Gasteiger charge is 2.19. The molecule has 1 aromatic carbocycles. The molecule has 0 spiro atoms. The number of halogens is 1. The second-order valence-corrected chi connectivity index (χ2v) is 6.30. The smallest absolute Gasteiger partial charge is 0.340 e. The lowest BCUT2D eigenvalue weighted by atomic mass is 10.0. The van der Waals surface area contributed by atoms with Gasteiger partial charge >= 0.3 is 5.97 Å². The van der Waals surface area contributed by atoms with Crippen molar-refractivity contribution < 1.29 is 19.1 Å². The van der Waals surface area contributed by atoms with Gasteiger partial charge in [0.05, 0.1) is 11.6 Å². The zero-order valence-electron chi connectivity index (χ0n) is 13.6. The predicted molar refractivity (Wildman–Crippen MR) is 95.0 cm³/mol. The molecule has 1 amide bonds. The third-order valence-corrected chi connectivity index (χ3v) is 3.82. The summed E-state index contributed by atoms with van der Waals surface area (Å²) in [5.41, 5.74) is 1.16. The first kappa shape index (κ1) is 18.8. The third-order valence-electron chi connectivity index (χ3n) is 3.38. The molecule has 7 heteroatoms. The van der Waals surface area contributed by atoms with Crippen molar-refractivity contribution >= 4 is 33.6 Å². The molecule has 2 aromatic rings. The van der Waals surface area contributed by atoms with E-state index in [0.717, 1.165) is 5.56 Å². The summed E-state index contributed by atoms with van der Waals surface area (Å²) < 4.78 is 5.58. The van der Waals surface area contributed by atoms with Gasteiger partial charge < -0.3 is 10.1 Å². The summed E-state index contributed by atoms with van der Waals surface area (Å²) in [5.74, 6) is -1.36. The number of carbonyl (C=O) groups is 3. The minimum absolute atomic E-state index is 0.167. The van der Waals surface area contributed by atoms with E-state index >= 15 is 0 Å². The van der Waals surface area contributed by atoms with Crippen molar-refractivity contribution in [1.82, 2.24) is 10.3 Å². The van der Waals surface area contributed by atoms with Crippen LogP contribution in [0.2, 0.25) is 0 Å². The van der Waals surface area contributed by atoms with Crippen molar-refractivity contribution in [3.05, 3.63) is 64.4 Å². The molecule has 1 atom stereocenters. The van der Waals surface area contributed by atoms with Crippen LogP contribution < -0.4 is 5.32 Å². The lowest BCUT2D eigenvalue weighted by Gasteiger charge is -2.16. The van der Waals surface area contributed by atoms with E-state index in [1.165, 1.54) is 19.3 Å². The van der Waals surface area contributed by atoms with Gasteiger partial charge in [0.1, 0.15) is 0 Å². The Morgan fingerprint density at radius 2 is 1.92 bits per heavy atom. The van der Waals surface area contributed by atoms with Crippen LogP contribution in [-0.4, -0.2) is 35.3 Å². The van der Waals surface area contributed by atoms with Gasteiger partial charge in [-0.1, -0.05) is 30.3 Å². The molecule has 0 radical (unpaired) electrons. The van der Waals surface area contributed by atoms with Crippen LogP contribution in [0.5, 0.6) is 0 Å². The van der Waals surface area contributed by atoms with Gasteiger partial charge in [0.2, 0.25) is 0 Å². The number of esters is 1. The molecule has 0 aliphatic rings. The molecular weight excluding hydrogens is 388 g/mol. The number of hydrogen-bond donors (Lipinski definition) is 1. The van der Waals surface area contributed by atoms with Gasteiger partial charge in [0, 0.05) is 16.9 Å². The Morgan fingerprint density at radius 3 is 2.56 bits per heavy atom. The number of benzene rings is 1. The molecule has 0 fully saturated rings. The highest BCUT2D eigenvalue weighted by molar-refractivity contribution is 9.10. The average molecular weight is 405 g/mol. The van der Waals surface area contributed by atoms with Gasteiger partial charge in [-0.25, -0.2) is 4.79 Å². The molecule has 0 aliphatic heterocycles. The number of Topliss-reactive ketones (excluding diaryl/α,β-unsaturated/α-hetero) is 1. The number of ketones is 1. The maximum Gasteiger partial charge on any atom is 0.340 e. The quantitative estimate of drug-likeness (QED) is 0.715. The normalized spacial score (nSPS) is 11.4. The summed E-state index contributed by atoms with van der Waals surface area (Å²) in [4.78, 5) is 39.5. The van der Waals surface area contributed by atoms with Crippen LogP contribution in [0.1, 0.15) is 22.8 Å². The van der Waals surface area contributed by atoms with Crippen LogP contribution in [0.4, 0.5) is 0 Å². The van der Waals surface area contributed by atoms with Crippen LogP contribution in [0.3, 0.4) is 0 Å². The number of rotatable bonds is 7. The molecule has 2 rings (SSSR count). The van der Waals surface area contributed by atoms with Crippen molar-refractivity contribution in [1.29, 1.82) is 0 Å². The molecule has 0 unspecified atom stereocenters. The van der Waals surface area contributed by atoms with Crippen LogP contribution >= 0.6 is 15.9 Å². The van der Waals surface area contributed by atoms with E-state index in [0.29, 0.717) is 10.9 Å². The number of amides is 1. The van der Waals surface area contributed by atoms with Crippen molar-refractivity contribution in [2.75, 3.05) is 6.61 Å². The Morgan fingerprint density at radius 1 is 1.20 bits per heavy atom. The Balaban J connectivity index is 1.88. The Kier molecular flexibility index (Phi) is 6.82. The largest absolute Gasteiger partial charge is 0.452 e. The molecular formula is C18H17BrN2O4. The number of hydrogen-bond acceptors (Lipinski definition) is 5. The fourth-order valence-corrected chi connectivity index (χ4v) is 2.48. The highest BCUT2D eigenvalue weighted by atomic mass is 79.9. The second-order valence-electron chi connectivity index (χ2n) is 5.39. The zero-order chi connectivity index (χ0) is 18.2. The number of nitrogens with one attached hydrogen (secondary N) is 1. The Hall–Kier alpha value is -2.54. The van der Waals surface area contributed by atoms with Crippen LogP contribution in [0.15, 0.2) is 53.3 Å². The SMILES string of the molecule is CC(=O)[C@H](Cc1ccccc1)NC(=O)COC(=O)c1cncc(Br)c1. The van der Waals surface area contributed by atoms with Crippen molar-refractivity contribution in [3.8, 4) is 0 Å². The summed E-state index contributed by atoms with van der Waals surface area (Å²) in [6, 6.07) is 10.2. The predicted octanol–water partition coefficient (Wildman–Crippen LogP) is 2.32. The number of ether oxygens (including phenoxy) is 1. The minimum atomic E-state index is -0.666. The number of aromatic nitrogens is 1. The Bertz CT molecular complexity index is 765. The first-order valence-electron chi connectivity index (χ1n) is 7.57. The van der Waals surface area contributed by atoms with Crippen LogP contribution in [0.25, 0.3) is 0 Å². The topological polar surface area (TPSA) is 85.4 Å². The highest BCUT2D eigenvalue weighted by Crippen LogP contribution is 2.10. The summed E-state index contributed by atoms with van der Waals surface area (Å²) in [5, 5.41) is 2.59. The number of carbonyl (C=O) groups excluding carboxylic acids is 3. The zero-order valence-corrected chi connectivity index (χ0v) is 15.2. The summed E-state index contributed by atoms with van der Waals surface area (Å²) >= 11 is 3.20. The second kappa shape index (κ2) is 9.08. The molecule has 0 saturated carbocycles. The maximum atomic E-state index is 12.0. The standard InChI is InChI=1S/C18H17BrN2O4/c1-12(22)16(7-13-5-3-2-4-6-13)21-17(23)11-25-18(24)14-8-15(19)10-20-9-14/h2-6,8-10,16H,7,11H2,1H3,(H,21,23)/t16-/m0/s1. The van der Waals surface area contributed by atoms with Gasteiger partial charge in [-0.2, -0.15) is 0 Å². The van der Waals surface area contributed by atoms with Crippen LogP contribution in [0, 0.1) is 0 Å². The molecule has 0 aliphatic carbocycles.